The fourth-order valence-corrected chi connectivity index (χ4v) is 4.71. The van der Waals surface area contributed by atoms with E-state index in [4.69, 9.17) is 18.9 Å². The van der Waals surface area contributed by atoms with Crippen molar-refractivity contribution in [2.24, 2.45) is 0 Å². The van der Waals surface area contributed by atoms with E-state index in [1.807, 2.05) is 36.1 Å². The molecule has 9 heteroatoms. The summed E-state index contributed by atoms with van der Waals surface area (Å²) in [5.41, 5.74) is 2.33. The van der Waals surface area contributed by atoms with Gasteiger partial charge in [-0.25, -0.2) is 0 Å². The van der Waals surface area contributed by atoms with Gasteiger partial charge >= 0.3 is 0 Å². The van der Waals surface area contributed by atoms with Gasteiger partial charge in [-0.05, 0) is 37.3 Å². The molecule has 9 nitrogen and oxygen atoms in total. The lowest BCUT2D eigenvalue weighted by Gasteiger charge is -2.37. The standard InChI is InChI=1S/C27H33N3O6/c1-20-2-4-21(5-3-20)26(31)29(9-8-28-10-13-33-14-11-28)17-23-18-30(12-15-34-23)27(32)22-6-7-24-25(16-22)36-19-35-24/h2-7,16,23H,8-15,17-19H2,1H3. The molecule has 0 bridgehead atoms. The SMILES string of the molecule is Cc1ccc(C(=O)N(CCN2CCOCC2)CC2CN(C(=O)c3ccc4c(c3)OCO4)CCO2)cc1. The van der Waals surface area contributed by atoms with Gasteiger partial charge in [0.2, 0.25) is 6.79 Å². The molecular weight excluding hydrogens is 462 g/mol. The fraction of sp³-hybridized carbons (Fsp3) is 0.481. The van der Waals surface area contributed by atoms with Crippen molar-refractivity contribution in [2.45, 2.75) is 13.0 Å². The Kier molecular flexibility index (Phi) is 7.69. The van der Waals surface area contributed by atoms with Crippen molar-refractivity contribution >= 4 is 11.8 Å². The molecule has 1 unspecified atom stereocenters. The molecule has 3 heterocycles. The molecule has 1 atom stereocenters. The fourth-order valence-electron chi connectivity index (χ4n) is 4.71. The van der Waals surface area contributed by atoms with Gasteiger partial charge in [0.1, 0.15) is 0 Å². The first-order chi connectivity index (χ1) is 17.6. The number of morpholine rings is 2. The number of hydrogen-bond donors (Lipinski definition) is 0. The molecule has 0 aromatic heterocycles. The Morgan fingerprint density at radius 3 is 2.50 bits per heavy atom. The van der Waals surface area contributed by atoms with Crippen LogP contribution >= 0.6 is 0 Å². The second-order valence-electron chi connectivity index (χ2n) is 9.38. The molecular formula is C27H33N3O6. The lowest BCUT2D eigenvalue weighted by Crippen LogP contribution is -2.52. The third-order valence-electron chi connectivity index (χ3n) is 6.85. The molecule has 2 fully saturated rings. The highest BCUT2D eigenvalue weighted by Crippen LogP contribution is 2.33. The van der Waals surface area contributed by atoms with Crippen LogP contribution < -0.4 is 9.47 Å². The van der Waals surface area contributed by atoms with E-state index < -0.39 is 0 Å². The highest BCUT2D eigenvalue weighted by Gasteiger charge is 2.29. The predicted octanol–water partition coefficient (Wildman–Crippen LogP) is 2.04. The summed E-state index contributed by atoms with van der Waals surface area (Å²) in [4.78, 5) is 32.7. The van der Waals surface area contributed by atoms with Crippen LogP contribution in [0, 0.1) is 6.92 Å². The molecule has 0 saturated carbocycles. The van der Waals surface area contributed by atoms with Crippen molar-refractivity contribution in [1.29, 1.82) is 0 Å². The molecule has 192 valence electrons. The minimum Gasteiger partial charge on any atom is -0.454 e. The van der Waals surface area contributed by atoms with E-state index >= 15 is 0 Å². The summed E-state index contributed by atoms with van der Waals surface area (Å²) in [5.74, 6) is 1.14. The average molecular weight is 496 g/mol. The molecule has 3 aliphatic heterocycles. The van der Waals surface area contributed by atoms with Gasteiger partial charge in [-0.1, -0.05) is 17.7 Å². The summed E-state index contributed by atoms with van der Waals surface area (Å²) in [6.07, 6.45) is -0.268. The third-order valence-corrected chi connectivity index (χ3v) is 6.85. The summed E-state index contributed by atoms with van der Waals surface area (Å²) < 4.78 is 22.3. The van der Waals surface area contributed by atoms with Crippen molar-refractivity contribution in [1.82, 2.24) is 14.7 Å². The lowest BCUT2D eigenvalue weighted by atomic mass is 10.1. The number of benzene rings is 2. The van der Waals surface area contributed by atoms with Gasteiger partial charge < -0.3 is 28.7 Å². The van der Waals surface area contributed by atoms with Crippen LogP contribution in [-0.2, 0) is 9.47 Å². The number of hydrogen-bond acceptors (Lipinski definition) is 7. The average Bonchev–Trinajstić information content (AvgIpc) is 3.39. The summed E-state index contributed by atoms with van der Waals surface area (Å²) in [7, 11) is 0. The maximum absolute atomic E-state index is 13.5. The number of aryl methyl sites for hydroxylation is 1. The summed E-state index contributed by atoms with van der Waals surface area (Å²) in [5, 5.41) is 0. The number of ether oxygens (including phenoxy) is 4. The van der Waals surface area contributed by atoms with Crippen LogP contribution in [0.15, 0.2) is 42.5 Å². The van der Waals surface area contributed by atoms with Crippen molar-refractivity contribution in [3.63, 3.8) is 0 Å². The molecule has 36 heavy (non-hydrogen) atoms. The molecule has 0 aliphatic carbocycles. The zero-order valence-electron chi connectivity index (χ0n) is 20.7. The second-order valence-corrected chi connectivity index (χ2v) is 9.38. The summed E-state index contributed by atoms with van der Waals surface area (Å²) in [6.45, 7) is 8.47. The summed E-state index contributed by atoms with van der Waals surface area (Å²) in [6, 6.07) is 12.9. The number of fused-ring (bicyclic) bond motifs is 1. The lowest BCUT2D eigenvalue weighted by molar-refractivity contribution is -0.0346. The van der Waals surface area contributed by atoms with E-state index in [0.29, 0.717) is 68.6 Å². The zero-order valence-corrected chi connectivity index (χ0v) is 20.7. The Morgan fingerprint density at radius 1 is 0.944 bits per heavy atom. The van der Waals surface area contributed by atoms with E-state index in [1.54, 1.807) is 23.1 Å². The topological polar surface area (TPSA) is 80.8 Å². The molecule has 3 aliphatic rings. The van der Waals surface area contributed by atoms with Crippen molar-refractivity contribution < 1.29 is 28.5 Å². The van der Waals surface area contributed by atoms with Crippen LogP contribution in [0.3, 0.4) is 0 Å². The Labute approximate surface area is 211 Å². The first-order valence-corrected chi connectivity index (χ1v) is 12.5. The van der Waals surface area contributed by atoms with Gasteiger partial charge in [0.15, 0.2) is 11.5 Å². The molecule has 2 aromatic rings. The predicted molar refractivity (Wildman–Crippen MR) is 133 cm³/mol. The third kappa shape index (κ3) is 5.80. The van der Waals surface area contributed by atoms with Crippen LogP contribution in [0.1, 0.15) is 26.3 Å². The van der Waals surface area contributed by atoms with E-state index in [0.717, 1.165) is 25.2 Å². The van der Waals surface area contributed by atoms with Gasteiger partial charge in [-0.3, -0.25) is 14.5 Å². The van der Waals surface area contributed by atoms with Crippen LogP contribution in [0.25, 0.3) is 0 Å². The number of carbonyl (C=O) groups is 2. The van der Waals surface area contributed by atoms with E-state index in [1.165, 1.54) is 0 Å². The van der Waals surface area contributed by atoms with Gasteiger partial charge in [0, 0.05) is 56.9 Å². The second kappa shape index (κ2) is 11.3. The maximum atomic E-state index is 13.5. The number of rotatable bonds is 7. The highest BCUT2D eigenvalue weighted by molar-refractivity contribution is 5.95. The maximum Gasteiger partial charge on any atom is 0.254 e. The largest absolute Gasteiger partial charge is 0.454 e. The molecule has 2 aromatic carbocycles. The molecule has 0 radical (unpaired) electrons. The molecule has 2 amide bonds. The molecule has 2 saturated heterocycles. The minimum absolute atomic E-state index is 0.0221. The first-order valence-electron chi connectivity index (χ1n) is 12.5. The monoisotopic (exact) mass is 495 g/mol. The smallest absolute Gasteiger partial charge is 0.254 e. The van der Waals surface area contributed by atoms with Gasteiger partial charge in [-0.15, -0.1) is 0 Å². The number of amides is 2. The van der Waals surface area contributed by atoms with Crippen molar-refractivity contribution in [3.8, 4) is 11.5 Å². The van der Waals surface area contributed by atoms with Crippen molar-refractivity contribution in [3.05, 3.63) is 59.2 Å². The molecule has 0 N–H and O–H groups in total. The molecule has 5 rings (SSSR count). The Balaban J connectivity index is 1.26. The van der Waals surface area contributed by atoms with Crippen molar-refractivity contribution in [2.75, 3.05) is 72.4 Å². The van der Waals surface area contributed by atoms with Gasteiger partial charge in [0.05, 0.1) is 25.9 Å². The Morgan fingerprint density at radius 2 is 1.69 bits per heavy atom. The van der Waals surface area contributed by atoms with Crippen LogP contribution in [0.4, 0.5) is 0 Å². The molecule has 0 spiro atoms. The normalized spacial score (nSPS) is 19.8. The zero-order chi connectivity index (χ0) is 24.9. The Hall–Kier alpha value is -3.14. The van der Waals surface area contributed by atoms with E-state index in [-0.39, 0.29) is 24.7 Å². The van der Waals surface area contributed by atoms with Gasteiger partial charge in [-0.2, -0.15) is 0 Å². The van der Waals surface area contributed by atoms with Crippen LogP contribution in [0.2, 0.25) is 0 Å². The van der Waals surface area contributed by atoms with E-state index in [2.05, 4.69) is 4.90 Å². The number of carbonyl (C=O) groups excluding carboxylic acids is 2. The summed E-state index contributed by atoms with van der Waals surface area (Å²) >= 11 is 0. The number of nitrogens with zero attached hydrogens (tertiary/aromatic N) is 3. The quantitative estimate of drug-likeness (QED) is 0.582. The minimum atomic E-state index is -0.268. The first kappa shape index (κ1) is 24.5. The Bertz CT molecular complexity index is 1070. The highest BCUT2D eigenvalue weighted by atomic mass is 16.7. The van der Waals surface area contributed by atoms with Crippen LogP contribution in [0.5, 0.6) is 11.5 Å². The van der Waals surface area contributed by atoms with Gasteiger partial charge in [0.25, 0.3) is 11.8 Å². The van der Waals surface area contributed by atoms with E-state index in [9.17, 15) is 9.59 Å². The van der Waals surface area contributed by atoms with Crippen LogP contribution in [-0.4, -0.2) is 105 Å².